The molecule has 2 fully saturated rings. The number of hydrogen-bond donors (Lipinski definition) is 3. The number of likely N-dealkylation sites (tertiary alicyclic amines) is 1. The average molecular weight is 298 g/mol. The molecule has 1 saturated heterocycles. The summed E-state index contributed by atoms with van der Waals surface area (Å²) in [5, 5.41) is 19.8. The number of carbonyl (C=O) groups excluding carboxylic acids is 2. The van der Waals surface area contributed by atoms with Gasteiger partial charge in [0, 0.05) is 12.5 Å². The van der Waals surface area contributed by atoms with Crippen LogP contribution in [-0.4, -0.2) is 57.5 Å². The summed E-state index contributed by atoms with van der Waals surface area (Å²) in [5.41, 5.74) is 0. The van der Waals surface area contributed by atoms with Crippen molar-refractivity contribution in [3.05, 3.63) is 0 Å². The Balaban J connectivity index is 1.98. The lowest BCUT2D eigenvalue weighted by atomic mass is 10.1. The van der Waals surface area contributed by atoms with E-state index in [1.54, 1.807) is 0 Å². The van der Waals surface area contributed by atoms with Crippen LogP contribution in [0.3, 0.4) is 0 Å². The van der Waals surface area contributed by atoms with Crippen LogP contribution in [0.25, 0.3) is 0 Å². The number of rotatable bonds is 6. The van der Waals surface area contributed by atoms with Crippen LogP contribution in [-0.2, 0) is 19.2 Å². The van der Waals surface area contributed by atoms with Gasteiger partial charge in [0.15, 0.2) is 0 Å². The van der Waals surface area contributed by atoms with Crippen molar-refractivity contribution >= 4 is 23.8 Å². The number of carboxylic acid groups (broad SMARTS) is 2. The number of hydrogen-bond acceptors (Lipinski definition) is 4. The highest BCUT2D eigenvalue weighted by Gasteiger charge is 2.41. The summed E-state index contributed by atoms with van der Waals surface area (Å²) in [5.74, 6) is -3.36. The molecule has 1 aliphatic heterocycles. The number of nitrogens with zero attached hydrogens (tertiary/aromatic N) is 1. The van der Waals surface area contributed by atoms with Crippen LogP contribution in [0.1, 0.15) is 32.1 Å². The van der Waals surface area contributed by atoms with E-state index in [4.69, 9.17) is 10.2 Å². The van der Waals surface area contributed by atoms with Crippen molar-refractivity contribution in [3.63, 3.8) is 0 Å². The van der Waals surface area contributed by atoms with Gasteiger partial charge in [-0.3, -0.25) is 14.4 Å². The number of amides is 2. The topological polar surface area (TPSA) is 124 Å². The van der Waals surface area contributed by atoms with Gasteiger partial charge in [0.05, 0.1) is 6.42 Å². The molecule has 0 bridgehead atoms. The Bertz CT molecular complexity index is 473. The van der Waals surface area contributed by atoms with Crippen molar-refractivity contribution in [2.45, 2.75) is 44.2 Å². The molecule has 116 valence electrons. The molecule has 2 atom stereocenters. The monoisotopic (exact) mass is 298 g/mol. The van der Waals surface area contributed by atoms with Gasteiger partial charge >= 0.3 is 11.9 Å². The van der Waals surface area contributed by atoms with Gasteiger partial charge in [-0.15, -0.1) is 0 Å². The SMILES string of the molecule is O=C(O)CC(NC(=O)C1CCCN1C(=O)C1CC1)C(=O)O. The fourth-order valence-electron chi connectivity index (χ4n) is 2.51. The third-order valence-corrected chi connectivity index (χ3v) is 3.76. The smallest absolute Gasteiger partial charge is 0.326 e. The minimum Gasteiger partial charge on any atom is -0.481 e. The predicted molar refractivity (Wildman–Crippen MR) is 69.3 cm³/mol. The lowest BCUT2D eigenvalue weighted by molar-refractivity contribution is -0.148. The highest BCUT2D eigenvalue weighted by molar-refractivity contribution is 5.93. The van der Waals surface area contributed by atoms with Gasteiger partial charge in [-0.25, -0.2) is 4.79 Å². The minimum absolute atomic E-state index is 0.00677. The van der Waals surface area contributed by atoms with E-state index >= 15 is 0 Å². The molecule has 2 rings (SSSR count). The van der Waals surface area contributed by atoms with E-state index in [0.29, 0.717) is 19.4 Å². The first kappa shape index (κ1) is 15.3. The van der Waals surface area contributed by atoms with Gasteiger partial charge in [-0.2, -0.15) is 0 Å². The molecule has 1 aliphatic carbocycles. The molecule has 2 unspecified atom stereocenters. The summed E-state index contributed by atoms with van der Waals surface area (Å²) in [6.07, 6.45) is 2.14. The zero-order valence-corrected chi connectivity index (χ0v) is 11.4. The number of nitrogens with one attached hydrogen (secondary N) is 1. The molecule has 0 aromatic heterocycles. The Morgan fingerprint density at radius 1 is 1.14 bits per heavy atom. The zero-order chi connectivity index (χ0) is 15.6. The van der Waals surface area contributed by atoms with Crippen LogP contribution in [0.4, 0.5) is 0 Å². The minimum atomic E-state index is -1.48. The highest BCUT2D eigenvalue weighted by Crippen LogP contribution is 2.33. The molecule has 2 aliphatic rings. The number of carboxylic acids is 2. The average Bonchev–Trinajstić information content (AvgIpc) is 3.13. The van der Waals surface area contributed by atoms with Crippen LogP contribution < -0.4 is 5.32 Å². The Kier molecular flexibility index (Phi) is 4.44. The summed E-state index contributed by atoms with van der Waals surface area (Å²) in [6, 6.07) is -2.16. The van der Waals surface area contributed by atoms with E-state index in [0.717, 1.165) is 12.8 Å². The first-order valence-corrected chi connectivity index (χ1v) is 6.95. The van der Waals surface area contributed by atoms with E-state index in [1.165, 1.54) is 4.90 Å². The summed E-state index contributed by atoms with van der Waals surface area (Å²) in [6.45, 7) is 0.490. The lowest BCUT2D eigenvalue weighted by Crippen LogP contribution is -2.51. The molecule has 0 aromatic rings. The fourth-order valence-corrected chi connectivity index (χ4v) is 2.51. The Hall–Kier alpha value is -2.12. The molecule has 0 aromatic carbocycles. The number of carbonyl (C=O) groups is 4. The van der Waals surface area contributed by atoms with Crippen molar-refractivity contribution < 1.29 is 29.4 Å². The van der Waals surface area contributed by atoms with Gasteiger partial charge in [0.25, 0.3) is 0 Å². The molecule has 0 spiro atoms. The second-order valence-corrected chi connectivity index (χ2v) is 5.46. The summed E-state index contributed by atoms with van der Waals surface area (Å²) >= 11 is 0. The van der Waals surface area contributed by atoms with Crippen molar-refractivity contribution in [2.75, 3.05) is 6.54 Å². The second kappa shape index (κ2) is 6.11. The Morgan fingerprint density at radius 2 is 1.81 bits per heavy atom. The predicted octanol–water partition coefficient (Wildman–Crippen LogP) is -0.568. The Morgan fingerprint density at radius 3 is 2.33 bits per heavy atom. The first-order chi connectivity index (χ1) is 9.90. The molecular formula is C13H18N2O6. The van der Waals surface area contributed by atoms with Crippen LogP contribution >= 0.6 is 0 Å². The van der Waals surface area contributed by atoms with E-state index in [-0.39, 0.29) is 11.8 Å². The standard InChI is InChI=1S/C13H18N2O6/c16-10(17)6-8(13(20)21)14-11(18)9-2-1-5-15(9)12(19)7-3-4-7/h7-9H,1-6H2,(H,14,18)(H,16,17)(H,20,21). The third-order valence-electron chi connectivity index (χ3n) is 3.76. The molecule has 0 radical (unpaired) electrons. The highest BCUT2D eigenvalue weighted by atomic mass is 16.4. The molecule has 1 heterocycles. The van der Waals surface area contributed by atoms with Crippen molar-refractivity contribution in [2.24, 2.45) is 5.92 Å². The fraction of sp³-hybridized carbons (Fsp3) is 0.692. The summed E-state index contributed by atoms with van der Waals surface area (Å²) in [7, 11) is 0. The largest absolute Gasteiger partial charge is 0.481 e. The second-order valence-electron chi connectivity index (χ2n) is 5.46. The third kappa shape index (κ3) is 3.71. The van der Waals surface area contributed by atoms with Crippen LogP contribution in [0, 0.1) is 5.92 Å². The van der Waals surface area contributed by atoms with Gasteiger partial charge in [-0.1, -0.05) is 0 Å². The molecule has 2 amide bonds. The van der Waals surface area contributed by atoms with Crippen LogP contribution in [0.15, 0.2) is 0 Å². The maximum Gasteiger partial charge on any atom is 0.326 e. The van der Waals surface area contributed by atoms with Crippen molar-refractivity contribution in [1.82, 2.24) is 10.2 Å². The van der Waals surface area contributed by atoms with E-state index in [1.807, 2.05) is 0 Å². The van der Waals surface area contributed by atoms with Gasteiger partial charge < -0.3 is 20.4 Å². The summed E-state index contributed by atoms with van der Waals surface area (Å²) in [4.78, 5) is 47.3. The quantitative estimate of drug-likeness (QED) is 0.603. The maximum absolute atomic E-state index is 12.1. The van der Waals surface area contributed by atoms with E-state index in [9.17, 15) is 19.2 Å². The molecule has 8 heteroatoms. The van der Waals surface area contributed by atoms with Gasteiger partial charge in [0.1, 0.15) is 12.1 Å². The van der Waals surface area contributed by atoms with E-state index in [2.05, 4.69) is 5.32 Å². The van der Waals surface area contributed by atoms with E-state index < -0.39 is 36.4 Å². The van der Waals surface area contributed by atoms with Crippen LogP contribution in [0.5, 0.6) is 0 Å². The normalized spacial score (nSPS) is 22.7. The molecule has 3 N–H and O–H groups in total. The van der Waals surface area contributed by atoms with Gasteiger partial charge in [-0.05, 0) is 25.7 Å². The zero-order valence-electron chi connectivity index (χ0n) is 11.4. The molecule has 8 nitrogen and oxygen atoms in total. The first-order valence-electron chi connectivity index (χ1n) is 6.95. The van der Waals surface area contributed by atoms with Crippen molar-refractivity contribution in [3.8, 4) is 0 Å². The lowest BCUT2D eigenvalue weighted by Gasteiger charge is -2.25. The maximum atomic E-state index is 12.1. The van der Waals surface area contributed by atoms with Crippen molar-refractivity contribution in [1.29, 1.82) is 0 Å². The Labute approximate surface area is 121 Å². The van der Waals surface area contributed by atoms with Crippen LogP contribution in [0.2, 0.25) is 0 Å². The van der Waals surface area contributed by atoms with Gasteiger partial charge in [0.2, 0.25) is 11.8 Å². The number of aliphatic carboxylic acids is 2. The molecular weight excluding hydrogens is 280 g/mol. The molecule has 21 heavy (non-hydrogen) atoms. The molecule has 1 saturated carbocycles. The summed E-state index contributed by atoms with van der Waals surface area (Å²) < 4.78 is 0.